The second-order valence-corrected chi connectivity index (χ2v) is 7.62. The Kier molecular flexibility index (Phi) is 7.37. The topological polar surface area (TPSA) is 68.0 Å². The number of hydrogen-bond donors (Lipinski definition) is 1. The summed E-state index contributed by atoms with van der Waals surface area (Å²) >= 11 is 0. The van der Waals surface area contributed by atoms with Crippen molar-refractivity contribution in [2.45, 2.75) is 66.2 Å². The highest BCUT2D eigenvalue weighted by atomic mass is 16.5. The van der Waals surface area contributed by atoms with E-state index >= 15 is 0 Å². The van der Waals surface area contributed by atoms with E-state index in [1.807, 2.05) is 12.1 Å². The van der Waals surface area contributed by atoms with Gasteiger partial charge in [-0.15, -0.1) is 0 Å². The Labute approximate surface area is 156 Å². The molecule has 1 amide bonds. The number of carbonyl (C=O) groups is 1. The quantitative estimate of drug-likeness (QED) is 0.648. The summed E-state index contributed by atoms with van der Waals surface area (Å²) in [6.45, 7) is 9.51. The molecule has 1 N–H and O–H groups in total. The molecule has 0 unspecified atom stereocenters. The molecule has 5 nitrogen and oxygen atoms in total. The summed E-state index contributed by atoms with van der Waals surface area (Å²) in [5.41, 5.74) is 1.74. The second-order valence-electron chi connectivity index (χ2n) is 7.62. The Balaban J connectivity index is 1.90. The predicted octanol–water partition coefficient (Wildman–Crippen LogP) is 5.03. The lowest BCUT2D eigenvalue weighted by Gasteiger charge is -2.23. The number of nitrogens with zero attached hydrogens (tertiary/aromatic N) is 2. The van der Waals surface area contributed by atoms with Crippen LogP contribution < -0.4 is 5.32 Å². The Morgan fingerprint density at radius 2 is 1.85 bits per heavy atom. The average molecular weight is 357 g/mol. The number of benzene rings is 1. The van der Waals surface area contributed by atoms with Gasteiger partial charge < -0.3 is 9.84 Å². The smallest absolute Gasteiger partial charge is 0.257 e. The van der Waals surface area contributed by atoms with Crippen molar-refractivity contribution in [3.63, 3.8) is 0 Å². The van der Waals surface area contributed by atoms with E-state index in [0.717, 1.165) is 43.5 Å². The van der Waals surface area contributed by atoms with Crippen LogP contribution in [0.25, 0.3) is 11.5 Å². The molecule has 0 bridgehead atoms. The zero-order chi connectivity index (χ0) is 19.0. The van der Waals surface area contributed by atoms with Crippen molar-refractivity contribution in [2.24, 2.45) is 5.41 Å². The molecule has 0 aliphatic rings. The van der Waals surface area contributed by atoms with Gasteiger partial charge in [0.1, 0.15) is 0 Å². The summed E-state index contributed by atoms with van der Waals surface area (Å²) in [6, 6.07) is 7.32. The maximum atomic E-state index is 12.3. The number of aromatic nitrogens is 2. The number of carbonyl (C=O) groups excluding carboxylic acids is 1. The van der Waals surface area contributed by atoms with Gasteiger partial charge in [0.15, 0.2) is 5.82 Å². The molecular weight excluding hydrogens is 326 g/mol. The maximum absolute atomic E-state index is 12.3. The molecule has 142 valence electrons. The fraction of sp³-hybridized carbons (Fsp3) is 0.571. The van der Waals surface area contributed by atoms with Gasteiger partial charge in [0, 0.05) is 24.1 Å². The van der Waals surface area contributed by atoms with Crippen LogP contribution >= 0.6 is 0 Å². The maximum Gasteiger partial charge on any atom is 0.257 e. The highest BCUT2D eigenvalue weighted by molar-refractivity contribution is 5.94. The summed E-state index contributed by atoms with van der Waals surface area (Å²) in [5, 5.41) is 7.01. The van der Waals surface area contributed by atoms with Crippen LogP contribution in [0, 0.1) is 5.41 Å². The molecule has 2 rings (SSSR count). The fourth-order valence-electron chi connectivity index (χ4n) is 2.99. The second kappa shape index (κ2) is 9.51. The molecule has 26 heavy (non-hydrogen) atoms. The van der Waals surface area contributed by atoms with Crippen molar-refractivity contribution in [1.82, 2.24) is 15.5 Å². The van der Waals surface area contributed by atoms with Crippen molar-refractivity contribution in [1.29, 1.82) is 0 Å². The number of aryl methyl sites for hydroxylation is 1. The zero-order valence-corrected chi connectivity index (χ0v) is 16.5. The third-order valence-corrected chi connectivity index (χ3v) is 4.63. The Morgan fingerprint density at radius 1 is 1.12 bits per heavy atom. The van der Waals surface area contributed by atoms with E-state index in [1.54, 1.807) is 12.1 Å². The summed E-state index contributed by atoms with van der Waals surface area (Å²) < 4.78 is 5.31. The van der Waals surface area contributed by atoms with E-state index in [0.29, 0.717) is 18.0 Å². The van der Waals surface area contributed by atoms with Crippen LogP contribution in [0.5, 0.6) is 0 Å². The van der Waals surface area contributed by atoms with Crippen LogP contribution in [-0.2, 0) is 6.42 Å². The van der Waals surface area contributed by atoms with E-state index in [9.17, 15) is 4.79 Å². The monoisotopic (exact) mass is 357 g/mol. The Hall–Kier alpha value is -2.17. The van der Waals surface area contributed by atoms with Gasteiger partial charge in [-0.25, -0.2) is 0 Å². The molecular formula is C21H31N3O2. The largest absolute Gasteiger partial charge is 0.352 e. The van der Waals surface area contributed by atoms with Crippen molar-refractivity contribution in [3.05, 3.63) is 35.7 Å². The number of hydrogen-bond acceptors (Lipinski definition) is 4. The lowest BCUT2D eigenvalue weighted by molar-refractivity contribution is 0.0948. The SMILES string of the molecule is CCCCc1noc(-c2ccc(C(=O)NCCC(C)(C)CCC)cc2)n1. The van der Waals surface area contributed by atoms with E-state index < -0.39 is 0 Å². The lowest BCUT2D eigenvalue weighted by atomic mass is 9.85. The van der Waals surface area contributed by atoms with Crippen LogP contribution in [0.15, 0.2) is 28.8 Å². The predicted molar refractivity (Wildman–Crippen MR) is 104 cm³/mol. The van der Waals surface area contributed by atoms with E-state index in [-0.39, 0.29) is 11.3 Å². The zero-order valence-electron chi connectivity index (χ0n) is 16.5. The third kappa shape index (κ3) is 5.97. The van der Waals surface area contributed by atoms with E-state index in [2.05, 4.69) is 43.2 Å². The summed E-state index contributed by atoms with van der Waals surface area (Å²) in [4.78, 5) is 16.7. The molecule has 0 atom stereocenters. The number of unbranched alkanes of at least 4 members (excludes halogenated alkanes) is 1. The molecule has 1 heterocycles. The van der Waals surface area contributed by atoms with Crippen LogP contribution in [0.1, 0.15) is 76.0 Å². The lowest BCUT2D eigenvalue weighted by Crippen LogP contribution is -2.28. The summed E-state index contributed by atoms with van der Waals surface area (Å²) in [7, 11) is 0. The fourth-order valence-corrected chi connectivity index (χ4v) is 2.99. The van der Waals surface area contributed by atoms with Crippen molar-refractivity contribution >= 4 is 5.91 Å². The van der Waals surface area contributed by atoms with Crippen LogP contribution in [0.4, 0.5) is 0 Å². The first kappa shape index (κ1) is 20.1. The number of nitrogens with one attached hydrogen (secondary N) is 1. The minimum Gasteiger partial charge on any atom is -0.352 e. The molecule has 0 saturated heterocycles. The van der Waals surface area contributed by atoms with Gasteiger partial charge in [0.2, 0.25) is 0 Å². The normalized spacial score (nSPS) is 11.5. The van der Waals surface area contributed by atoms with Gasteiger partial charge in [0.05, 0.1) is 0 Å². The Bertz CT molecular complexity index is 690. The molecule has 0 saturated carbocycles. The Morgan fingerprint density at radius 3 is 2.50 bits per heavy atom. The highest BCUT2D eigenvalue weighted by Gasteiger charge is 2.17. The minimum atomic E-state index is -0.0435. The van der Waals surface area contributed by atoms with E-state index in [1.165, 1.54) is 6.42 Å². The molecule has 1 aromatic heterocycles. The van der Waals surface area contributed by atoms with Crippen LogP contribution in [0.3, 0.4) is 0 Å². The molecule has 1 aromatic carbocycles. The third-order valence-electron chi connectivity index (χ3n) is 4.63. The number of amides is 1. The molecule has 5 heteroatoms. The van der Waals surface area contributed by atoms with Gasteiger partial charge in [-0.1, -0.05) is 45.7 Å². The van der Waals surface area contributed by atoms with Crippen molar-refractivity contribution in [2.75, 3.05) is 6.54 Å². The van der Waals surface area contributed by atoms with Crippen LogP contribution in [-0.4, -0.2) is 22.6 Å². The van der Waals surface area contributed by atoms with Gasteiger partial charge in [0.25, 0.3) is 11.8 Å². The molecule has 2 aromatic rings. The van der Waals surface area contributed by atoms with Gasteiger partial charge in [-0.05, 0) is 48.9 Å². The van der Waals surface area contributed by atoms with Gasteiger partial charge in [-0.3, -0.25) is 4.79 Å². The summed E-state index contributed by atoms with van der Waals surface area (Å²) in [5.74, 6) is 1.20. The first-order valence-corrected chi connectivity index (χ1v) is 9.66. The molecule has 0 radical (unpaired) electrons. The molecule has 0 spiro atoms. The average Bonchev–Trinajstić information content (AvgIpc) is 3.08. The van der Waals surface area contributed by atoms with Crippen LogP contribution in [0.2, 0.25) is 0 Å². The van der Waals surface area contributed by atoms with Gasteiger partial charge in [-0.2, -0.15) is 4.98 Å². The van der Waals surface area contributed by atoms with E-state index in [4.69, 9.17) is 4.52 Å². The molecule has 0 fully saturated rings. The molecule has 0 aliphatic heterocycles. The first-order valence-electron chi connectivity index (χ1n) is 9.66. The highest BCUT2D eigenvalue weighted by Crippen LogP contribution is 2.25. The van der Waals surface area contributed by atoms with Crippen molar-refractivity contribution in [3.8, 4) is 11.5 Å². The first-order chi connectivity index (χ1) is 12.4. The summed E-state index contributed by atoms with van der Waals surface area (Å²) in [6.07, 6.45) is 6.29. The number of rotatable bonds is 10. The standard InChI is InChI=1S/C21H31N3O2/c1-5-7-8-18-23-20(26-24-18)17-11-9-16(10-12-17)19(25)22-15-14-21(3,4)13-6-2/h9-12H,5-8,13-15H2,1-4H3,(H,22,25). The van der Waals surface area contributed by atoms with Crippen molar-refractivity contribution < 1.29 is 9.32 Å². The van der Waals surface area contributed by atoms with Gasteiger partial charge >= 0.3 is 0 Å². The molecule has 0 aliphatic carbocycles. The minimum absolute atomic E-state index is 0.0435.